The molecule has 8 nitrogen and oxygen atoms in total. The molecule has 2 N–H and O–H groups in total. The van der Waals surface area contributed by atoms with Crippen molar-refractivity contribution in [1.82, 2.24) is 14.5 Å². The van der Waals surface area contributed by atoms with Crippen LogP contribution in [-0.2, 0) is 4.79 Å². The van der Waals surface area contributed by atoms with Crippen LogP contribution in [-0.4, -0.2) is 39.0 Å². The lowest BCUT2D eigenvalue weighted by molar-refractivity contribution is -0.119. The van der Waals surface area contributed by atoms with Crippen LogP contribution >= 0.6 is 11.6 Å². The van der Waals surface area contributed by atoms with E-state index in [1.807, 2.05) is 13.0 Å². The van der Waals surface area contributed by atoms with Gasteiger partial charge in [0.1, 0.15) is 11.9 Å². The van der Waals surface area contributed by atoms with E-state index < -0.39 is 6.04 Å². The second-order valence-electron chi connectivity index (χ2n) is 8.20. The van der Waals surface area contributed by atoms with E-state index in [1.54, 1.807) is 60.2 Å². The van der Waals surface area contributed by atoms with Crippen molar-refractivity contribution in [3.63, 3.8) is 0 Å². The van der Waals surface area contributed by atoms with Gasteiger partial charge in [0, 0.05) is 35.9 Å². The number of carbonyl (C=O) groups is 2. The van der Waals surface area contributed by atoms with Crippen LogP contribution in [0, 0.1) is 12.8 Å². The van der Waals surface area contributed by atoms with Gasteiger partial charge in [0.05, 0.1) is 5.02 Å². The summed E-state index contributed by atoms with van der Waals surface area (Å²) >= 11 is 5.84. The summed E-state index contributed by atoms with van der Waals surface area (Å²) in [5.41, 5.74) is 1.85. The molecule has 1 saturated heterocycles. The van der Waals surface area contributed by atoms with Gasteiger partial charge in [0.15, 0.2) is 0 Å². The fourth-order valence-electron chi connectivity index (χ4n) is 3.89. The lowest BCUT2D eigenvalue weighted by Crippen LogP contribution is -2.45. The van der Waals surface area contributed by atoms with Gasteiger partial charge in [-0.25, -0.2) is 9.78 Å². The summed E-state index contributed by atoms with van der Waals surface area (Å²) in [6.07, 6.45) is 3.71. The van der Waals surface area contributed by atoms with Gasteiger partial charge in [0.2, 0.25) is 5.91 Å². The van der Waals surface area contributed by atoms with Crippen LogP contribution in [0.1, 0.15) is 18.9 Å². The summed E-state index contributed by atoms with van der Waals surface area (Å²) in [5, 5.41) is 6.08. The number of amides is 3. The smallest absolute Gasteiger partial charge is 0.323 e. The number of likely N-dealkylation sites (tertiary alicyclic amines) is 1. The molecule has 3 aromatic rings. The molecule has 0 spiro atoms. The number of benzene rings is 1. The maximum absolute atomic E-state index is 13.0. The highest BCUT2D eigenvalue weighted by molar-refractivity contribution is 6.30. The van der Waals surface area contributed by atoms with Crippen molar-refractivity contribution >= 4 is 35.0 Å². The fourth-order valence-corrected chi connectivity index (χ4v) is 4.00. The number of anilines is 2. The van der Waals surface area contributed by atoms with Gasteiger partial charge in [0.25, 0.3) is 5.56 Å². The summed E-state index contributed by atoms with van der Waals surface area (Å²) in [7, 11) is 0. The highest BCUT2D eigenvalue weighted by Crippen LogP contribution is 2.25. The first-order chi connectivity index (χ1) is 15.8. The van der Waals surface area contributed by atoms with E-state index >= 15 is 0 Å². The molecule has 1 aromatic carbocycles. The third-order valence-electron chi connectivity index (χ3n) is 5.59. The van der Waals surface area contributed by atoms with Crippen LogP contribution in [0.4, 0.5) is 16.3 Å². The Morgan fingerprint density at radius 2 is 1.85 bits per heavy atom. The molecule has 3 amide bonds. The monoisotopic (exact) mass is 465 g/mol. The number of halogens is 1. The molecule has 0 unspecified atom stereocenters. The molecule has 170 valence electrons. The second kappa shape index (κ2) is 9.46. The van der Waals surface area contributed by atoms with Crippen LogP contribution in [0.2, 0.25) is 5.02 Å². The predicted molar refractivity (Wildman–Crippen MR) is 128 cm³/mol. The molecule has 0 radical (unpaired) electrons. The molecule has 2 atom stereocenters. The van der Waals surface area contributed by atoms with Gasteiger partial charge in [-0.3, -0.25) is 19.5 Å². The fraction of sp³-hybridized carbons (Fsp3) is 0.250. The van der Waals surface area contributed by atoms with E-state index in [1.165, 1.54) is 11.1 Å². The molecule has 0 saturated carbocycles. The number of rotatable bonds is 4. The third-order valence-corrected chi connectivity index (χ3v) is 5.81. The molecule has 33 heavy (non-hydrogen) atoms. The first kappa shape index (κ1) is 22.5. The van der Waals surface area contributed by atoms with Crippen molar-refractivity contribution in [2.75, 3.05) is 17.2 Å². The molecule has 0 bridgehead atoms. The summed E-state index contributed by atoms with van der Waals surface area (Å²) < 4.78 is 1.55. The highest BCUT2D eigenvalue weighted by atomic mass is 35.5. The SMILES string of the molecule is Cc1cccn(-c2ccc(NC(=O)[C@H]3C[C@@H](C)CN3C(=O)Nc3ccc(Cl)cn3)cc2)c1=O. The van der Waals surface area contributed by atoms with Gasteiger partial charge in [-0.1, -0.05) is 24.6 Å². The minimum Gasteiger partial charge on any atom is -0.324 e. The van der Waals surface area contributed by atoms with Crippen LogP contribution in [0.25, 0.3) is 5.69 Å². The first-order valence-electron chi connectivity index (χ1n) is 10.6. The zero-order valence-corrected chi connectivity index (χ0v) is 19.0. The van der Waals surface area contributed by atoms with Crippen molar-refractivity contribution in [1.29, 1.82) is 0 Å². The van der Waals surface area contributed by atoms with Crippen molar-refractivity contribution in [2.45, 2.75) is 26.3 Å². The number of urea groups is 1. The third kappa shape index (κ3) is 5.06. The molecule has 2 aromatic heterocycles. The molecule has 9 heteroatoms. The van der Waals surface area contributed by atoms with E-state index in [4.69, 9.17) is 11.6 Å². The average Bonchev–Trinajstić information content (AvgIpc) is 3.20. The van der Waals surface area contributed by atoms with E-state index in [0.717, 1.165) is 0 Å². The van der Waals surface area contributed by atoms with Crippen molar-refractivity contribution in [3.05, 3.63) is 81.9 Å². The minimum absolute atomic E-state index is 0.0916. The Morgan fingerprint density at radius 3 is 2.55 bits per heavy atom. The quantitative estimate of drug-likeness (QED) is 0.606. The molecule has 0 aliphatic carbocycles. The maximum Gasteiger partial charge on any atom is 0.323 e. The number of pyridine rings is 2. The number of hydrogen-bond acceptors (Lipinski definition) is 4. The Kier molecular flexibility index (Phi) is 6.46. The lowest BCUT2D eigenvalue weighted by Gasteiger charge is -2.24. The molecule has 3 heterocycles. The molecule has 4 rings (SSSR count). The molecule has 1 aliphatic heterocycles. The minimum atomic E-state index is -0.605. The molecule has 1 fully saturated rings. The van der Waals surface area contributed by atoms with Gasteiger partial charge in [-0.05, 0) is 61.7 Å². The van der Waals surface area contributed by atoms with Crippen LogP contribution in [0.5, 0.6) is 0 Å². The zero-order chi connectivity index (χ0) is 23.5. The number of nitrogens with zero attached hydrogens (tertiary/aromatic N) is 3. The van der Waals surface area contributed by atoms with Crippen LogP contribution in [0.3, 0.4) is 0 Å². The Bertz CT molecular complexity index is 1220. The Hall–Kier alpha value is -3.65. The predicted octanol–water partition coefficient (Wildman–Crippen LogP) is 4.08. The number of aryl methyl sites for hydroxylation is 1. The Labute approximate surface area is 196 Å². The summed E-state index contributed by atoms with van der Waals surface area (Å²) in [5.74, 6) is 0.282. The topological polar surface area (TPSA) is 96.3 Å². The van der Waals surface area contributed by atoms with E-state index in [0.29, 0.717) is 40.7 Å². The van der Waals surface area contributed by atoms with Crippen molar-refractivity contribution in [2.24, 2.45) is 5.92 Å². The van der Waals surface area contributed by atoms with E-state index in [-0.39, 0.29) is 23.4 Å². The van der Waals surface area contributed by atoms with Crippen LogP contribution in [0.15, 0.2) is 65.7 Å². The maximum atomic E-state index is 13.0. The largest absolute Gasteiger partial charge is 0.324 e. The van der Waals surface area contributed by atoms with E-state index in [9.17, 15) is 14.4 Å². The van der Waals surface area contributed by atoms with Crippen LogP contribution < -0.4 is 16.2 Å². The lowest BCUT2D eigenvalue weighted by atomic mass is 10.1. The number of aromatic nitrogens is 2. The molecular formula is C24H24ClN5O3. The van der Waals surface area contributed by atoms with Gasteiger partial charge in [-0.2, -0.15) is 0 Å². The molecule has 1 aliphatic rings. The summed E-state index contributed by atoms with van der Waals surface area (Å²) in [6.45, 7) is 4.23. The van der Waals surface area contributed by atoms with Gasteiger partial charge < -0.3 is 10.2 Å². The highest BCUT2D eigenvalue weighted by Gasteiger charge is 2.38. The van der Waals surface area contributed by atoms with E-state index in [2.05, 4.69) is 15.6 Å². The normalized spacial score (nSPS) is 17.6. The number of nitrogens with one attached hydrogen (secondary N) is 2. The number of hydrogen-bond donors (Lipinski definition) is 2. The molecular weight excluding hydrogens is 442 g/mol. The van der Waals surface area contributed by atoms with Crippen molar-refractivity contribution in [3.8, 4) is 5.69 Å². The Morgan fingerprint density at radius 1 is 1.09 bits per heavy atom. The summed E-state index contributed by atoms with van der Waals surface area (Å²) in [6, 6.07) is 12.8. The standard InChI is InChI=1S/C24H24ClN5O3/c1-15-12-20(30(14-15)24(33)28-21-10-5-17(25)13-26-21)22(31)27-18-6-8-19(9-7-18)29-11-3-4-16(2)23(29)32/h3-11,13,15,20H,12,14H2,1-2H3,(H,27,31)(H,26,28,33)/t15-,20-/m1/s1. The zero-order valence-electron chi connectivity index (χ0n) is 18.3. The Balaban J connectivity index is 1.45. The van der Waals surface area contributed by atoms with Gasteiger partial charge >= 0.3 is 6.03 Å². The summed E-state index contributed by atoms with van der Waals surface area (Å²) in [4.78, 5) is 43.7. The second-order valence-corrected chi connectivity index (χ2v) is 8.64. The first-order valence-corrected chi connectivity index (χ1v) is 11.0. The van der Waals surface area contributed by atoms with Crippen molar-refractivity contribution < 1.29 is 9.59 Å². The van der Waals surface area contributed by atoms with Gasteiger partial charge in [-0.15, -0.1) is 0 Å². The number of carbonyl (C=O) groups excluding carboxylic acids is 2. The average molecular weight is 466 g/mol.